The predicted octanol–water partition coefficient (Wildman–Crippen LogP) is 10.3. The summed E-state index contributed by atoms with van der Waals surface area (Å²) in [6.45, 7) is 1.89. The van der Waals surface area contributed by atoms with E-state index in [1.165, 1.54) is 12.1 Å². The third-order valence-corrected chi connectivity index (χ3v) is 10.8. The number of aromatic carboxylic acids is 1. The minimum Gasteiger partial charge on any atom is -0.508 e. The van der Waals surface area contributed by atoms with Gasteiger partial charge in [-0.1, -0.05) is 52.0 Å². The lowest BCUT2D eigenvalue weighted by molar-refractivity contribution is 0.0697. The highest BCUT2D eigenvalue weighted by Gasteiger charge is 2.22. The topological polar surface area (TPSA) is 113 Å². The largest absolute Gasteiger partial charge is 0.508 e. The smallest absolute Gasteiger partial charge is 0.336 e. The summed E-state index contributed by atoms with van der Waals surface area (Å²) < 4.78 is 11.5. The van der Waals surface area contributed by atoms with Crippen LogP contribution in [-0.4, -0.2) is 21.2 Å². The van der Waals surface area contributed by atoms with Gasteiger partial charge in [0.2, 0.25) is 0 Å². The van der Waals surface area contributed by atoms with E-state index in [2.05, 4.69) is 14.2 Å². The molecule has 11 heteroatoms. The first-order valence-corrected chi connectivity index (χ1v) is 17.6. The van der Waals surface area contributed by atoms with E-state index in [0.717, 1.165) is 31.2 Å². The number of benzene rings is 5. The molecule has 0 saturated heterocycles. The van der Waals surface area contributed by atoms with Gasteiger partial charge in [-0.05, 0) is 95.8 Å². The molecule has 3 N–H and O–H groups in total. The molecule has 2 aliphatic rings. The summed E-state index contributed by atoms with van der Waals surface area (Å²) in [5.41, 5.74) is 4.86. The van der Waals surface area contributed by atoms with Gasteiger partial charge in [-0.3, -0.25) is 0 Å². The number of carbonyl (C=O) groups is 1. The summed E-state index contributed by atoms with van der Waals surface area (Å²) >= 11 is 5.76. The van der Waals surface area contributed by atoms with Crippen molar-refractivity contribution < 1.29 is 23.8 Å². The van der Waals surface area contributed by atoms with Crippen LogP contribution in [-0.2, 0) is 0 Å². The maximum atomic E-state index is 12.5. The summed E-state index contributed by atoms with van der Waals surface area (Å²) in [6.07, 6.45) is 0. The SMILES string of the molecule is Cc1cc(=O)oc2cc(SSc3ccc(C(=S)Nc4ccc(C(=O)O)c(-c5c6ccc(=P)cc-6oc6cc(O)ccc56)c4)cc3)ccc12. The van der Waals surface area contributed by atoms with Gasteiger partial charge in [0.15, 0.2) is 0 Å². The molecule has 236 valence electrons. The Bertz CT molecular complexity index is 2510. The van der Waals surface area contributed by atoms with Gasteiger partial charge >= 0.3 is 11.6 Å². The van der Waals surface area contributed by atoms with E-state index in [-0.39, 0.29) is 16.9 Å². The number of aromatic hydroxyl groups is 1. The lowest BCUT2D eigenvalue weighted by Gasteiger charge is -2.18. The fourth-order valence-electron chi connectivity index (χ4n) is 5.50. The molecule has 7 rings (SSSR count). The fraction of sp³-hybridized carbons (Fsp3) is 0.0270. The molecular formula is C37H24NO6PS3. The lowest BCUT2D eigenvalue weighted by atomic mass is 9.90. The van der Waals surface area contributed by atoms with Crippen LogP contribution in [0.1, 0.15) is 21.5 Å². The molecule has 0 saturated carbocycles. The van der Waals surface area contributed by atoms with Crippen LogP contribution in [0.4, 0.5) is 5.69 Å². The number of carboxylic acids is 1. The van der Waals surface area contributed by atoms with Crippen LogP contribution in [0.25, 0.3) is 44.4 Å². The molecule has 0 fully saturated rings. The average molecular weight is 706 g/mol. The molecule has 2 heterocycles. The zero-order valence-electron chi connectivity index (χ0n) is 25.1. The molecule has 0 spiro atoms. The van der Waals surface area contributed by atoms with E-state index in [0.29, 0.717) is 49.7 Å². The molecule has 0 amide bonds. The van der Waals surface area contributed by atoms with Crippen molar-refractivity contribution in [2.75, 3.05) is 5.32 Å². The Morgan fingerprint density at radius 2 is 1.52 bits per heavy atom. The zero-order valence-corrected chi connectivity index (χ0v) is 28.5. The Morgan fingerprint density at radius 3 is 2.31 bits per heavy atom. The Balaban J connectivity index is 1.15. The highest BCUT2D eigenvalue weighted by atomic mass is 33.1. The van der Waals surface area contributed by atoms with Gasteiger partial charge in [0.1, 0.15) is 27.7 Å². The van der Waals surface area contributed by atoms with Crippen molar-refractivity contribution in [3.8, 4) is 28.2 Å². The van der Waals surface area contributed by atoms with E-state index < -0.39 is 5.97 Å². The number of carboxylic acid groups (broad SMARTS) is 1. The standard InChI is InChI=1S/C37H24NO6PS3/c1-19-14-34(40)44-33-18-25(9-13-26(19)33)48-47-24-7-2-20(3-8-24)36(46)38-21-4-10-27(37(41)42)30(15-21)35-28-11-5-22(39)16-31(28)43-32-17-23(45)6-12-29(32)35/h2-18,39,45H,1H3,(H,38,46)(H,41,42). The number of hydrogen-bond donors (Lipinski definition) is 3. The molecule has 0 bridgehead atoms. The number of hydrogen-bond acceptors (Lipinski definition) is 8. The maximum Gasteiger partial charge on any atom is 0.336 e. The van der Waals surface area contributed by atoms with Crippen LogP contribution in [0.15, 0.2) is 127 Å². The fourth-order valence-corrected chi connectivity index (χ4v) is 7.91. The van der Waals surface area contributed by atoms with Gasteiger partial charge in [-0.15, -0.1) is 8.86 Å². The van der Waals surface area contributed by atoms with Gasteiger partial charge in [0.25, 0.3) is 0 Å². The summed E-state index contributed by atoms with van der Waals surface area (Å²) in [5.74, 6) is -0.516. The number of fused-ring (bicyclic) bond motifs is 3. The van der Waals surface area contributed by atoms with Crippen molar-refractivity contribution in [2.24, 2.45) is 0 Å². The van der Waals surface area contributed by atoms with E-state index in [1.807, 2.05) is 61.5 Å². The van der Waals surface area contributed by atoms with Crippen LogP contribution in [0.3, 0.4) is 0 Å². The van der Waals surface area contributed by atoms with Crippen molar-refractivity contribution in [3.05, 3.63) is 135 Å². The molecule has 1 aliphatic heterocycles. The first-order chi connectivity index (χ1) is 23.1. The average Bonchev–Trinajstić information content (AvgIpc) is 3.06. The second-order valence-corrected chi connectivity index (χ2v) is 14.2. The molecule has 0 radical (unpaired) electrons. The first kappa shape index (κ1) is 31.7. The van der Waals surface area contributed by atoms with Crippen LogP contribution in [0, 0.1) is 11.9 Å². The zero-order chi connectivity index (χ0) is 33.5. The Kier molecular flexibility index (Phi) is 8.58. The Morgan fingerprint density at radius 1 is 0.792 bits per heavy atom. The maximum absolute atomic E-state index is 12.5. The van der Waals surface area contributed by atoms with Gasteiger partial charge < -0.3 is 24.4 Å². The quantitative estimate of drug-likeness (QED) is 0.0487. The molecule has 7 nitrogen and oxygen atoms in total. The van der Waals surface area contributed by atoms with Gasteiger partial charge in [0.05, 0.1) is 5.56 Å². The van der Waals surface area contributed by atoms with Crippen LogP contribution >= 0.6 is 42.7 Å². The number of anilines is 1. The Labute approximate surface area is 289 Å². The minimum absolute atomic E-state index is 0.0342. The molecule has 0 unspecified atom stereocenters. The highest BCUT2D eigenvalue weighted by Crippen LogP contribution is 2.43. The molecule has 0 atom stereocenters. The third kappa shape index (κ3) is 6.35. The van der Waals surface area contributed by atoms with E-state index in [4.69, 9.17) is 21.1 Å². The lowest BCUT2D eigenvalue weighted by Crippen LogP contribution is -2.11. The van der Waals surface area contributed by atoms with Crippen molar-refractivity contribution in [3.63, 3.8) is 0 Å². The Hall–Kier alpha value is -4.86. The van der Waals surface area contributed by atoms with Gasteiger partial charge in [-0.2, -0.15) is 0 Å². The summed E-state index contributed by atoms with van der Waals surface area (Å²) in [4.78, 5) is 27.5. The number of thiocarbonyl (C=S) groups is 1. The van der Waals surface area contributed by atoms with Gasteiger partial charge in [-0.25, -0.2) is 9.59 Å². The predicted molar refractivity (Wildman–Crippen MR) is 199 cm³/mol. The molecular weight excluding hydrogens is 682 g/mol. The van der Waals surface area contributed by atoms with Crippen LogP contribution in [0.5, 0.6) is 5.75 Å². The normalized spacial score (nSPS) is 11.3. The second-order valence-electron chi connectivity index (χ2n) is 11.0. The van der Waals surface area contributed by atoms with Crippen LogP contribution < -0.4 is 10.9 Å². The summed E-state index contributed by atoms with van der Waals surface area (Å²) in [6, 6.07) is 30.5. The number of aryl methyl sites for hydroxylation is 1. The van der Waals surface area contributed by atoms with Crippen molar-refractivity contribution >= 4 is 81.3 Å². The third-order valence-electron chi connectivity index (χ3n) is 7.76. The molecule has 4 aromatic carbocycles. The number of nitrogens with one attached hydrogen (secondary N) is 1. The van der Waals surface area contributed by atoms with Crippen LogP contribution in [0.2, 0.25) is 0 Å². The number of rotatable bonds is 7. The number of phenols is 1. The first-order valence-electron chi connectivity index (χ1n) is 14.6. The van der Waals surface area contributed by atoms with Gasteiger partial charge in [0, 0.05) is 55.1 Å². The van der Waals surface area contributed by atoms with E-state index >= 15 is 0 Å². The van der Waals surface area contributed by atoms with E-state index in [9.17, 15) is 19.8 Å². The summed E-state index contributed by atoms with van der Waals surface area (Å²) in [5, 5.41) is 25.2. The van der Waals surface area contributed by atoms with Crippen molar-refractivity contribution in [1.82, 2.24) is 0 Å². The molecule has 1 aromatic heterocycles. The monoisotopic (exact) mass is 705 g/mol. The molecule has 5 aromatic rings. The highest BCUT2D eigenvalue weighted by molar-refractivity contribution is 8.76. The van der Waals surface area contributed by atoms with Crippen molar-refractivity contribution in [2.45, 2.75) is 16.7 Å². The van der Waals surface area contributed by atoms with E-state index in [1.54, 1.807) is 58.0 Å². The minimum atomic E-state index is -1.08. The second kappa shape index (κ2) is 13.0. The molecule has 1 aliphatic carbocycles. The summed E-state index contributed by atoms with van der Waals surface area (Å²) in [7, 11) is 6.67. The number of phenolic OH excluding ortho intramolecular Hbond substituents is 1. The van der Waals surface area contributed by atoms with Crippen molar-refractivity contribution in [1.29, 1.82) is 0 Å². The molecule has 48 heavy (non-hydrogen) atoms.